The Labute approximate surface area is 145 Å². The Morgan fingerprint density at radius 2 is 1.79 bits per heavy atom. The van der Waals surface area contributed by atoms with Crippen LogP contribution < -0.4 is 5.32 Å². The zero-order chi connectivity index (χ0) is 16.5. The van der Waals surface area contributed by atoms with Gasteiger partial charge in [-0.1, -0.05) is 60.0 Å². The maximum absolute atomic E-state index is 6.01. The van der Waals surface area contributed by atoms with Crippen LogP contribution in [0, 0.1) is 0 Å². The van der Waals surface area contributed by atoms with Gasteiger partial charge in [-0.25, -0.2) is 4.68 Å². The molecule has 2 atom stereocenters. The molecular weight excluding hydrogens is 322 g/mol. The van der Waals surface area contributed by atoms with Crippen LogP contribution in [0.15, 0.2) is 48.5 Å². The number of halogens is 1. The molecule has 5 nitrogen and oxygen atoms in total. The number of hydrogen-bond donors (Lipinski definition) is 1. The van der Waals surface area contributed by atoms with E-state index in [9.17, 15) is 0 Å². The fourth-order valence-corrected chi connectivity index (χ4v) is 3.33. The molecule has 122 valence electrons. The van der Waals surface area contributed by atoms with Crippen LogP contribution in [-0.4, -0.2) is 20.2 Å². The van der Waals surface area contributed by atoms with Crippen LogP contribution in [0.3, 0.4) is 0 Å². The summed E-state index contributed by atoms with van der Waals surface area (Å²) in [6.07, 6.45) is 1.92. The number of rotatable bonds is 3. The quantitative estimate of drug-likeness (QED) is 0.782. The van der Waals surface area contributed by atoms with Crippen molar-refractivity contribution in [3.63, 3.8) is 0 Å². The van der Waals surface area contributed by atoms with Crippen LogP contribution >= 0.6 is 11.6 Å². The lowest BCUT2D eigenvalue weighted by molar-refractivity contribution is 0.423. The van der Waals surface area contributed by atoms with E-state index in [1.54, 1.807) is 0 Å². The maximum atomic E-state index is 6.01. The Hall–Kier alpha value is -2.40. The van der Waals surface area contributed by atoms with E-state index in [2.05, 4.69) is 64.2 Å². The zero-order valence-corrected chi connectivity index (χ0v) is 14.1. The lowest BCUT2D eigenvalue weighted by atomic mass is 9.93. The van der Waals surface area contributed by atoms with Crippen LogP contribution in [0.1, 0.15) is 42.1 Å². The van der Waals surface area contributed by atoms with Crippen LogP contribution in [0.4, 0.5) is 5.95 Å². The first-order valence-corrected chi connectivity index (χ1v) is 8.51. The number of nitrogens with one attached hydrogen (secondary N) is 1. The predicted molar refractivity (Wildman–Crippen MR) is 94.2 cm³/mol. The average molecular weight is 340 g/mol. The molecule has 0 amide bonds. The zero-order valence-electron chi connectivity index (χ0n) is 13.4. The normalized spacial score (nSPS) is 19.6. The molecule has 1 aliphatic heterocycles. The molecule has 0 spiro atoms. The number of benzene rings is 2. The molecule has 1 aromatic heterocycles. The van der Waals surface area contributed by atoms with E-state index in [-0.39, 0.29) is 12.1 Å². The van der Waals surface area contributed by atoms with Crippen molar-refractivity contribution in [3.8, 4) is 0 Å². The van der Waals surface area contributed by atoms with Gasteiger partial charge in [0.1, 0.15) is 0 Å². The Morgan fingerprint density at radius 3 is 2.50 bits per heavy atom. The van der Waals surface area contributed by atoms with E-state index in [1.807, 2.05) is 16.8 Å². The Bertz CT molecular complexity index is 825. The lowest BCUT2D eigenvalue weighted by Gasteiger charge is -2.31. The number of aromatic nitrogens is 4. The van der Waals surface area contributed by atoms with Crippen molar-refractivity contribution in [1.29, 1.82) is 0 Å². The van der Waals surface area contributed by atoms with Crippen molar-refractivity contribution in [3.05, 3.63) is 70.2 Å². The van der Waals surface area contributed by atoms with E-state index in [4.69, 9.17) is 11.6 Å². The molecule has 3 aromatic rings. The Balaban J connectivity index is 1.69. The highest BCUT2D eigenvalue weighted by Crippen LogP contribution is 2.37. The number of nitrogens with zero attached hydrogens (tertiary/aromatic N) is 4. The first kappa shape index (κ1) is 15.1. The number of fused-ring (bicyclic) bond motifs is 1. The van der Waals surface area contributed by atoms with Crippen molar-refractivity contribution in [2.75, 3.05) is 5.32 Å². The van der Waals surface area contributed by atoms with E-state index in [1.165, 1.54) is 16.7 Å². The topological polar surface area (TPSA) is 55.6 Å². The monoisotopic (exact) mass is 339 g/mol. The molecule has 2 unspecified atom stereocenters. The Kier molecular flexibility index (Phi) is 3.94. The number of hydrogen-bond acceptors (Lipinski definition) is 4. The van der Waals surface area contributed by atoms with E-state index in [0.717, 1.165) is 17.9 Å². The summed E-state index contributed by atoms with van der Waals surface area (Å²) in [6, 6.07) is 16.9. The molecule has 2 heterocycles. The second kappa shape index (κ2) is 6.24. The molecule has 0 saturated carbocycles. The van der Waals surface area contributed by atoms with Crippen molar-refractivity contribution >= 4 is 17.5 Å². The minimum atomic E-state index is 0.114. The highest BCUT2D eigenvalue weighted by Gasteiger charge is 2.30. The molecule has 4 rings (SSSR count). The van der Waals surface area contributed by atoms with Gasteiger partial charge in [0, 0.05) is 5.02 Å². The summed E-state index contributed by atoms with van der Waals surface area (Å²) >= 11 is 6.01. The number of anilines is 1. The van der Waals surface area contributed by atoms with E-state index >= 15 is 0 Å². The fraction of sp³-hybridized carbons (Fsp3) is 0.278. The smallest absolute Gasteiger partial charge is 0.243 e. The summed E-state index contributed by atoms with van der Waals surface area (Å²) in [5.74, 6) is 0.700. The van der Waals surface area contributed by atoms with Gasteiger partial charge in [-0.05, 0) is 52.1 Å². The minimum Gasteiger partial charge on any atom is -0.346 e. The molecule has 0 aliphatic carbocycles. The first-order valence-electron chi connectivity index (χ1n) is 8.13. The molecule has 0 fully saturated rings. The molecular formula is C18H18ClN5. The fourth-order valence-electron chi connectivity index (χ4n) is 3.20. The van der Waals surface area contributed by atoms with Gasteiger partial charge in [0.15, 0.2) is 0 Å². The molecule has 0 bridgehead atoms. The predicted octanol–water partition coefficient (Wildman–Crippen LogP) is 4.04. The molecule has 2 aromatic carbocycles. The third-order valence-electron chi connectivity index (χ3n) is 4.60. The van der Waals surface area contributed by atoms with Crippen molar-refractivity contribution in [2.24, 2.45) is 0 Å². The standard InChI is InChI=1S/C18H18ClN5/c1-2-12-3-5-14(6-4-12)17-11-16(13-7-9-15(19)10-8-13)20-18-21-22-23-24(17)18/h3-10,16-17H,2,11H2,1H3,(H,20,21,23). The lowest BCUT2D eigenvalue weighted by Crippen LogP contribution is -2.28. The summed E-state index contributed by atoms with van der Waals surface area (Å²) in [7, 11) is 0. The largest absolute Gasteiger partial charge is 0.346 e. The summed E-state index contributed by atoms with van der Waals surface area (Å²) in [4.78, 5) is 0. The minimum absolute atomic E-state index is 0.114. The highest BCUT2D eigenvalue weighted by molar-refractivity contribution is 6.30. The molecule has 1 N–H and O–H groups in total. The third-order valence-corrected chi connectivity index (χ3v) is 4.85. The van der Waals surface area contributed by atoms with Crippen molar-refractivity contribution < 1.29 is 0 Å². The molecule has 0 radical (unpaired) electrons. The number of aryl methyl sites for hydroxylation is 1. The van der Waals surface area contributed by atoms with Gasteiger partial charge < -0.3 is 5.32 Å². The Morgan fingerprint density at radius 1 is 1.08 bits per heavy atom. The van der Waals surface area contributed by atoms with E-state index < -0.39 is 0 Å². The summed E-state index contributed by atoms with van der Waals surface area (Å²) < 4.78 is 1.87. The van der Waals surface area contributed by atoms with Gasteiger partial charge in [-0.3, -0.25) is 0 Å². The van der Waals surface area contributed by atoms with Crippen molar-refractivity contribution in [2.45, 2.75) is 31.8 Å². The second-order valence-corrected chi connectivity index (χ2v) is 6.48. The molecule has 1 aliphatic rings. The van der Waals surface area contributed by atoms with Crippen LogP contribution in [0.2, 0.25) is 5.02 Å². The van der Waals surface area contributed by atoms with Gasteiger partial charge in [0.2, 0.25) is 5.95 Å². The summed E-state index contributed by atoms with van der Waals surface area (Å²) in [6.45, 7) is 2.16. The average Bonchev–Trinajstić information content (AvgIpc) is 3.10. The van der Waals surface area contributed by atoms with E-state index in [0.29, 0.717) is 5.95 Å². The summed E-state index contributed by atoms with van der Waals surface area (Å²) in [5.41, 5.74) is 3.74. The van der Waals surface area contributed by atoms with Gasteiger partial charge in [-0.15, -0.1) is 0 Å². The van der Waals surface area contributed by atoms with Gasteiger partial charge >= 0.3 is 0 Å². The van der Waals surface area contributed by atoms with Gasteiger partial charge in [-0.2, -0.15) is 0 Å². The van der Waals surface area contributed by atoms with Crippen LogP contribution in [0.5, 0.6) is 0 Å². The maximum Gasteiger partial charge on any atom is 0.243 e. The molecule has 6 heteroatoms. The van der Waals surface area contributed by atoms with Crippen LogP contribution in [-0.2, 0) is 6.42 Å². The van der Waals surface area contributed by atoms with Gasteiger partial charge in [0.05, 0.1) is 12.1 Å². The van der Waals surface area contributed by atoms with Gasteiger partial charge in [0.25, 0.3) is 0 Å². The number of tetrazole rings is 1. The third kappa shape index (κ3) is 2.76. The summed E-state index contributed by atoms with van der Waals surface area (Å²) in [5, 5.41) is 16.3. The first-order chi connectivity index (χ1) is 11.7. The second-order valence-electron chi connectivity index (χ2n) is 6.04. The molecule has 0 saturated heterocycles. The highest BCUT2D eigenvalue weighted by atomic mass is 35.5. The van der Waals surface area contributed by atoms with Crippen LogP contribution in [0.25, 0.3) is 0 Å². The SMILES string of the molecule is CCc1ccc(C2CC(c3ccc(Cl)cc3)Nc3nnnn32)cc1. The molecule has 24 heavy (non-hydrogen) atoms. The van der Waals surface area contributed by atoms with Crippen molar-refractivity contribution in [1.82, 2.24) is 20.2 Å².